The van der Waals surface area contributed by atoms with Crippen LogP contribution in [0.15, 0.2) is 21.9 Å². The number of hydrogen-bond acceptors (Lipinski definition) is 3. The first kappa shape index (κ1) is 13.3. The molecule has 98 valence electrons. The Morgan fingerprint density at radius 1 is 1.28 bits per heavy atom. The van der Waals surface area contributed by atoms with Crippen molar-refractivity contribution in [2.45, 2.75) is 52.4 Å². The molecule has 0 N–H and O–H groups in total. The van der Waals surface area contributed by atoms with Gasteiger partial charge in [0.25, 0.3) is 0 Å². The predicted molar refractivity (Wildman–Crippen MR) is 72.9 cm³/mol. The van der Waals surface area contributed by atoms with E-state index in [1.165, 1.54) is 18.1 Å². The maximum Gasteiger partial charge on any atom is 0.303 e. The zero-order chi connectivity index (χ0) is 13.7. The van der Waals surface area contributed by atoms with Gasteiger partial charge >= 0.3 is 5.97 Å². The molecule has 0 aliphatic heterocycles. The van der Waals surface area contributed by atoms with Crippen LogP contribution in [0, 0.1) is 0 Å². The molecule has 0 fully saturated rings. The summed E-state index contributed by atoms with van der Waals surface area (Å²) in [6.07, 6.45) is 1.27. The largest absolute Gasteiger partial charge is 0.449 e. The van der Waals surface area contributed by atoms with Crippen molar-refractivity contribution in [1.29, 1.82) is 0 Å². The second kappa shape index (κ2) is 4.19. The Balaban J connectivity index is 2.51. The molecule has 0 saturated heterocycles. The summed E-state index contributed by atoms with van der Waals surface area (Å²) in [5.41, 5.74) is 3.40. The summed E-state index contributed by atoms with van der Waals surface area (Å²) in [5.74, 6) is -0.342. The molecule has 1 unspecified atom stereocenters. The van der Waals surface area contributed by atoms with Gasteiger partial charge in [0.15, 0.2) is 11.9 Å². The van der Waals surface area contributed by atoms with Crippen LogP contribution in [0.4, 0.5) is 0 Å². The van der Waals surface area contributed by atoms with Crippen LogP contribution < -0.4 is 0 Å². The molecule has 1 atom stereocenters. The topological polar surface area (TPSA) is 43.4 Å². The van der Waals surface area contributed by atoms with Crippen LogP contribution >= 0.6 is 0 Å². The number of rotatable bonds is 2. The van der Waals surface area contributed by atoms with Gasteiger partial charge in [-0.3, -0.25) is 9.59 Å². The third kappa shape index (κ3) is 1.98. The summed E-state index contributed by atoms with van der Waals surface area (Å²) in [5, 5.41) is 0.987. The maximum absolute atomic E-state index is 12.5. The Hall–Kier alpha value is -1.16. The summed E-state index contributed by atoms with van der Waals surface area (Å²) >= 11 is 0. The number of Topliss-reactive ketones (excluding diaryl/α,β-unsaturated/α-hetero) is 1. The molecule has 18 heavy (non-hydrogen) atoms. The van der Waals surface area contributed by atoms with Gasteiger partial charge < -0.3 is 4.74 Å². The average molecular weight is 264 g/mol. The third-order valence-corrected chi connectivity index (χ3v) is 5.67. The summed E-state index contributed by atoms with van der Waals surface area (Å²) in [4.78, 5) is 23.7. The summed E-state index contributed by atoms with van der Waals surface area (Å²) in [7, 11) is -1.69. The third-order valence-electron chi connectivity index (χ3n) is 3.62. The van der Waals surface area contributed by atoms with E-state index in [0.717, 1.165) is 23.6 Å². The fraction of sp³-hybridized carbons (Fsp3) is 0.571. The summed E-state index contributed by atoms with van der Waals surface area (Å²) < 4.78 is 5.27. The van der Waals surface area contributed by atoms with Gasteiger partial charge in [0.2, 0.25) is 0 Å². The highest BCUT2D eigenvalue weighted by atomic mass is 28.3. The molecule has 0 amide bonds. The molecule has 4 heteroatoms. The minimum atomic E-state index is -1.69. The van der Waals surface area contributed by atoms with Gasteiger partial charge in [-0.05, 0) is 30.5 Å². The minimum absolute atomic E-state index is 0.0356. The summed E-state index contributed by atoms with van der Waals surface area (Å²) in [6, 6.07) is 0. The van der Waals surface area contributed by atoms with Crippen LogP contribution in [-0.4, -0.2) is 25.9 Å². The van der Waals surface area contributed by atoms with Crippen LogP contribution in [0.5, 0.6) is 0 Å². The van der Waals surface area contributed by atoms with Crippen LogP contribution in [-0.2, 0) is 14.3 Å². The Labute approximate surface area is 109 Å². The Bertz CT molecular complexity index is 492. The second-order valence-electron chi connectivity index (χ2n) is 6.15. The second-order valence-corrected chi connectivity index (χ2v) is 11.2. The molecule has 0 saturated carbocycles. The Morgan fingerprint density at radius 3 is 2.39 bits per heavy atom. The first-order valence-electron chi connectivity index (χ1n) is 6.38. The smallest absolute Gasteiger partial charge is 0.303 e. The van der Waals surface area contributed by atoms with Crippen molar-refractivity contribution < 1.29 is 14.3 Å². The lowest BCUT2D eigenvalue weighted by atomic mass is 10.1. The van der Waals surface area contributed by atoms with E-state index >= 15 is 0 Å². The molecule has 0 heterocycles. The molecule has 0 aromatic rings. The highest BCUT2D eigenvalue weighted by molar-refractivity contribution is 6.88. The van der Waals surface area contributed by atoms with Gasteiger partial charge in [-0.25, -0.2) is 0 Å². The molecular weight excluding hydrogens is 244 g/mol. The van der Waals surface area contributed by atoms with Gasteiger partial charge in [0.05, 0.1) is 8.07 Å². The molecule has 0 aromatic heterocycles. The first-order chi connectivity index (χ1) is 8.23. The number of carbonyl (C=O) groups excluding carboxylic acids is 2. The van der Waals surface area contributed by atoms with Crippen molar-refractivity contribution in [3.05, 3.63) is 21.9 Å². The SMILES string of the molecule is CC(=O)OC1C(=O)C([Si](C)(C)C)=C2CCC(C)=C21. The van der Waals surface area contributed by atoms with Crippen molar-refractivity contribution in [1.82, 2.24) is 0 Å². The zero-order valence-corrected chi connectivity index (χ0v) is 12.7. The maximum atomic E-state index is 12.5. The van der Waals surface area contributed by atoms with Gasteiger partial charge in [0, 0.05) is 12.5 Å². The number of allylic oxidation sites excluding steroid dienone is 1. The van der Waals surface area contributed by atoms with E-state index in [2.05, 4.69) is 19.6 Å². The van der Waals surface area contributed by atoms with Crippen molar-refractivity contribution in [3.63, 3.8) is 0 Å². The number of esters is 1. The normalized spacial score (nSPS) is 23.8. The van der Waals surface area contributed by atoms with Gasteiger partial charge in [-0.2, -0.15) is 0 Å². The van der Waals surface area contributed by atoms with Crippen molar-refractivity contribution in [2.75, 3.05) is 0 Å². The predicted octanol–water partition coefficient (Wildman–Crippen LogP) is 2.79. The van der Waals surface area contributed by atoms with E-state index in [4.69, 9.17) is 4.74 Å². The van der Waals surface area contributed by atoms with Gasteiger partial charge in [-0.1, -0.05) is 25.2 Å². The lowest BCUT2D eigenvalue weighted by molar-refractivity contribution is -0.148. The molecule has 2 rings (SSSR count). The van der Waals surface area contributed by atoms with E-state index in [1.54, 1.807) is 0 Å². The van der Waals surface area contributed by atoms with E-state index < -0.39 is 14.2 Å². The minimum Gasteiger partial charge on any atom is -0.449 e. The van der Waals surface area contributed by atoms with Crippen LogP contribution in [0.3, 0.4) is 0 Å². The standard InChI is InChI=1S/C14H20O3Si/c1-8-6-7-10-11(8)13(17-9(2)15)12(16)14(10)18(3,4)5/h13H,6-7H2,1-5H3. The van der Waals surface area contributed by atoms with Gasteiger partial charge in [0.1, 0.15) is 0 Å². The van der Waals surface area contributed by atoms with Crippen LogP contribution in [0.2, 0.25) is 19.6 Å². The van der Waals surface area contributed by atoms with E-state index in [9.17, 15) is 9.59 Å². The molecule has 0 spiro atoms. The number of ketones is 1. The van der Waals surface area contributed by atoms with Crippen LogP contribution in [0.1, 0.15) is 26.7 Å². The molecular formula is C14H20O3Si. The quantitative estimate of drug-likeness (QED) is 0.569. The summed E-state index contributed by atoms with van der Waals surface area (Å²) in [6.45, 7) is 9.93. The fourth-order valence-corrected chi connectivity index (χ4v) is 5.03. The lowest BCUT2D eigenvalue weighted by Crippen LogP contribution is -2.33. The van der Waals surface area contributed by atoms with Crippen LogP contribution in [0.25, 0.3) is 0 Å². The molecule has 2 aliphatic carbocycles. The van der Waals surface area contributed by atoms with E-state index in [0.29, 0.717) is 0 Å². The number of hydrogen-bond donors (Lipinski definition) is 0. The number of ether oxygens (including phenoxy) is 1. The fourth-order valence-electron chi connectivity index (χ4n) is 2.99. The van der Waals surface area contributed by atoms with E-state index in [-0.39, 0.29) is 11.8 Å². The molecule has 0 aromatic carbocycles. The molecule has 0 bridgehead atoms. The molecule has 2 aliphatic rings. The number of fused-ring (bicyclic) bond motifs is 1. The number of carbonyl (C=O) groups is 2. The highest BCUT2D eigenvalue weighted by Crippen LogP contribution is 2.45. The molecule has 0 radical (unpaired) electrons. The Kier molecular flexibility index (Phi) is 3.09. The monoisotopic (exact) mass is 264 g/mol. The van der Waals surface area contributed by atoms with Crippen molar-refractivity contribution in [2.24, 2.45) is 0 Å². The van der Waals surface area contributed by atoms with Crippen molar-refractivity contribution >= 4 is 19.8 Å². The van der Waals surface area contributed by atoms with Crippen molar-refractivity contribution in [3.8, 4) is 0 Å². The van der Waals surface area contributed by atoms with E-state index in [1.807, 2.05) is 6.92 Å². The highest BCUT2D eigenvalue weighted by Gasteiger charge is 2.46. The average Bonchev–Trinajstić information content (AvgIpc) is 2.66. The zero-order valence-electron chi connectivity index (χ0n) is 11.7. The van der Waals surface area contributed by atoms with Gasteiger partial charge in [-0.15, -0.1) is 0 Å². The lowest BCUT2D eigenvalue weighted by Gasteiger charge is -2.19. The Morgan fingerprint density at radius 2 is 1.89 bits per heavy atom. The molecule has 3 nitrogen and oxygen atoms in total. The first-order valence-corrected chi connectivity index (χ1v) is 9.88.